The fourth-order valence-corrected chi connectivity index (χ4v) is 11.7. The molecule has 4 amide bonds. The van der Waals surface area contributed by atoms with Gasteiger partial charge in [0.1, 0.15) is 24.9 Å². The second-order valence-electron chi connectivity index (χ2n) is 19.2. The molecule has 1 saturated heterocycles. The number of Topliss-reactive ketones (excluding diaryl/α,β-unsaturated/α-hetero) is 1. The molecule has 7 N–H and O–H groups in total. The van der Waals surface area contributed by atoms with Gasteiger partial charge in [0.25, 0.3) is 0 Å². The number of ketones is 2. The van der Waals surface area contributed by atoms with Crippen molar-refractivity contribution < 1.29 is 67.1 Å². The number of aliphatic hydroxyl groups excluding tert-OH is 2. The van der Waals surface area contributed by atoms with E-state index in [9.17, 15) is 43.8 Å². The molecule has 0 aromatic heterocycles. The first-order chi connectivity index (χ1) is 32.0. The van der Waals surface area contributed by atoms with E-state index in [0.717, 1.165) is 17.2 Å². The van der Waals surface area contributed by atoms with E-state index in [4.69, 9.17) is 14.6 Å². The number of rotatable bonds is 16. The van der Waals surface area contributed by atoms with Crippen LogP contribution in [0.1, 0.15) is 95.6 Å². The van der Waals surface area contributed by atoms with Crippen LogP contribution in [0.25, 0.3) is 0 Å². The molecule has 19 heteroatoms. The summed E-state index contributed by atoms with van der Waals surface area (Å²) in [4.78, 5) is 86.9. The number of carbonyl (C=O) groups excluding carboxylic acids is 6. The summed E-state index contributed by atoms with van der Waals surface area (Å²) < 4.78 is 46.8. The van der Waals surface area contributed by atoms with E-state index in [1.807, 2.05) is 31.2 Å². The molecule has 0 bridgehead atoms. The number of aliphatic hydroxyl groups is 2. The highest BCUT2D eigenvalue weighted by Crippen LogP contribution is 2.72. The number of amides is 4. The molecule has 0 spiro atoms. The Balaban J connectivity index is 0.942. The zero-order chi connectivity index (χ0) is 49.7. The Labute approximate surface area is 397 Å². The van der Waals surface area contributed by atoms with E-state index in [-0.39, 0.29) is 43.7 Å². The molecule has 2 unspecified atom stereocenters. The number of thiol groups is 1. The average molecular weight is 965 g/mol. The molecule has 366 valence electrons. The van der Waals surface area contributed by atoms with E-state index >= 15 is 8.78 Å². The number of anilines is 1. The number of aliphatic carboxylic acids is 1. The molecular weight excluding hydrogens is 907 g/mol. The largest absolute Gasteiger partial charge is 0.481 e. The monoisotopic (exact) mass is 964 g/mol. The lowest BCUT2D eigenvalue weighted by Gasteiger charge is -2.63. The van der Waals surface area contributed by atoms with Crippen LogP contribution >= 0.6 is 12.6 Å². The van der Waals surface area contributed by atoms with Gasteiger partial charge < -0.3 is 46.1 Å². The number of carboxylic acid groups (broad SMARTS) is 1. The van der Waals surface area contributed by atoms with E-state index < -0.39 is 130 Å². The normalized spacial score (nSPS) is 33.0. The number of halogens is 2. The molecule has 1 heterocycles. The van der Waals surface area contributed by atoms with Crippen molar-refractivity contribution in [3.63, 3.8) is 0 Å². The van der Waals surface area contributed by atoms with Crippen molar-refractivity contribution in [2.45, 2.75) is 126 Å². The van der Waals surface area contributed by atoms with Gasteiger partial charge in [-0.15, -0.1) is 0 Å². The summed E-state index contributed by atoms with van der Waals surface area (Å²) in [5, 5.41) is 40.0. The molecule has 3 saturated carbocycles. The molecule has 5 aliphatic rings. The average Bonchev–Trinajstić information content (AvgIpc) is 3.80. The standard InChI is InChI=1S/C49H58F2N4O12S/c1-24(28-10-12-30(13-11-28)55-43(64)26(3)54-42(63)25(2)53-40(60)15-17-52-44(65)36(68)21-41(61)62)27-6-8-29(9-7-27)45-66-39-20-32-33-19-35(50)34-18-31(57)14-16-46(34,4)48(33,51)37(58)22-47(32,5)49(39,67-45)38(59)23-56/h6-14,16,18,24-26,32-33,35-37,39,45,56,58,68H,15,17,19-23H2,1-5H3,(H,52,65)(H,53,60)(H,54,63)(H,55,64)(H,61,62)/t24-,25-,26-,32?,33-,35-,36?,37-,39+,45+,46-,47-,48-,49+/m0/s1. The van der Waals surface area contributed by atoms with Crippen LogP contribution in [0.3, 0.4) is 0 Å². The fraction of sp³-hybridized carbons (Fsp3) is 0.531. The molecule has 14 atom stereocenters. The Hall–Kier alpha value is -5.34. The van der Waals surface area contributed by atoms with Gasteiger partial charge in [-0.3, -0.25) is 33.6 Å². The lowest BCUT2D eigenvalue weighted by atomic mass is 9.44. The van der Waals surface area contributed by atoms with Crippen LogP contribution in [-0.4, -0.2) is 117 Å². The number of carbonyl (C=O) groups is 7. The van der Waals surface area contributed by atoms with Gasteiger partial charge in [0.15, 0.2) is 29.1 Å². The van der Waals surface area contributed by atoms with E-state index in [0.29, 0.717) is 11.3 Å². The number of benzene rings is 2. The van der Waals surface area contributed by atoms with Gasteiger partial charge >= 0.3 is 5.97 Å². The number of nitrogens with one attached hydrogen (secondary N) is 4. The zero-order valence-corrected chi connectivity index (χ0v) is 39.2. The van der Waals surface area contributed by atoms with Crippen molar-refractivity contribution in [1.82, 2.24) is 16.0 Å². The third-order valence-electron chi connectivity index (χ3n) is 15.2. The number of hydrogen-bond acceptors (Lipinski definition) is 12. The summed E-state index contributed by atoms with van der Waals surface area (Å²) in [5.74, 6) is -6.49. The molecular formula is C49H58F2N4O12S. The Morgan fingerprint density at radius 3 is 2.16 bits per heavy atom. The lowest BCUT2D eigenvalue weighted by Crippen LogP contribution is -2.70. The van der Waals surface area contributed by atoms with Crippen LogP contribution in [-0.2, 0) is 43.0 Å². The summed E-state index contributed by atoms with van der Waals surface area (Å²) in [5.41, 5.74) is -4.11. The van der Waals surface area contributed by atoms with E-state index in [1.54, 1.807) is 31.2 Å². The van der Waals surface area contributed by atoms with Crippen LogP contribution in [0, 0.1) is 22.7 Å². The van der Waals surface area contributed by atoms with Crippen LogP contribution in [0.15, 0.2) is 72.3 Å². The summed E-state index contributed by atoms with van der Waals surface area (Å²) in [6, 6.07) is 12.5. The maximum absolute atomic E-state index is 17.8. The molecule has 4 fully saturated rings. The summed E-state index contributed by atoms with van der Waals surface area (Å²) >= 11 is 3.92. The fourth-order valence-electron chi connectivity index (χ4n) is 11.4. The van der Waals surface area contributed by atoms with Gasteiger partial charge in [0.05, 0.1) is 23.9 Å². The second kappa shape index (κ2) is 19.2. The number of carboxylic acids is 1. The minimum absolute atomic E-state index is 0.00361. The highest BCUT2D eigenvalue weighted by atomic mass is 32.1. The third-order valence-corrected chi connectivity index (χ3v) is 15.6. The Bertz CT molecular complexity index is 2420. The second-order valence-corrected chi connectivity index (χ2v) is 19.8. The van der Waals surface area contributed by atoms with Crippen LogP contribution in [0.5, 0.6) is 0 Å². The first kappa shape index (κ1) is 50.5. The highest BCUT2D eigenvalue weighted by molar-refractivity contribution is 7.81. The summed E-state index contributed by atoms with van der Waals surface area (Å²) in [7, 11) is 0. The van der Waals surface area contributed by atoms with Crippen molar-refractivity contribution in [3.8, 4) is 0 Å². The Morgan fingerprint density at radius 2 is 1.53 bits per heavy atom. The van der Waals surface area contributed by atoms with Crippen molar-refractivity contribution in [2.75, 3.05) is 18.5 Å². The maximum Gasteiger partial charge on any atom is 0.304 e. The maximum atomic E-state index is 17.8. The number of hydrogen-bond donors (Lipinski definition) is 8. The van der Waals surface area contributed by atoms with Gasteiger partial charge in [-0.25, -0.2) is 8.78 Å². The van der Waals surface area contributed by atoms with Crippen molar-refractivity contribution in [1.29, 1.82) is 0 Å². The zero-order valence-electron chi connectivity index (χ0n) is 38.3. The van der Waals surface area contributed by atoms with Gasteiger partial charge in [0, 0.05) is 46.9 Å². The van der Waals surface area contributed by atoms with E-state index in [2.05, 4.69) is 33.9 Å². The molecule has 16 nitrogen and oxygen atoms in total. The molecule has 2 aromatic rings. The first-order valence-electron chi connectivity index (χ1n) is 22.7. The predicted octanol–water partition coefficient (Wildman–Crippen LogP) is 3.71. The van der Waals surface area contributed by atoms with Crippen molar-refractivity contribution in [2.24, 2.45) is 22.7 Å². The molecule has 0 radical (unpaired) electrons. The van der Waals surface area contributed by atoms with Gasteiger partial charge in [-0.1, -0.05) is 56.3 Å². The van der Waals surface area contributed by atoms with Gasteiger partial charge in [-0.2, -0.15) is 12.6 Å². The number of allylic oxidation sites excluding steroid dienone is 4. The van der Waals surface area contributed by atoms with E-state index in [1.165, 1.54) is 32.9 Å². The summed E-state index contributed by atoms with van der Waals surface area (Å²) in [6.45, 7) is 7.16. The van der Waals surface area contributed by atoms with Crippen LogP contribution < -0.4 is 21.3 Å². The number of alkyl halides is 2. The number of fused-ring (bicyclic) bond motifs is 7. The highest BCUT2D eigenvalue weighted by Gasteiger charge is 2.80. The van der Waals surface area contributed by atoms with Crippen LogP contribution in [0.4, 0.5) is 14.5 Å². The SMILES string of the molecule is C[C@H](c1ccc(NC(=O)[C@H](C)NC(=O)[C@H](C)NC(=O)CCNC(=O)C(S)CC(=O)O)cc1)c1ccc([C@@H]2O[C@@H]3CC4[C@@H]5C[C@H](F)C6=CC(=O)C=C[C@]6(C)[C@@]5(F)[C@@H](O)C[C@]4(C)[C@]3(C(=O)CO)O2)cc1. The Morgan fingerprint density at radius 1 is 0.897 bits per heavy atom. The van der Waals surface area contributed by atoms with Crippen molar-refractivity contribution >= 4 is 59.5 Å². The molecule has 2 aromatic carbocycles. The van der Waals surface area contributed by atoms with Gasteiger partial charge in [-0.05, 0) is 86.9 Å². The quantitative estimate of drug-likeness (QED) is 0.112. The number of ether oxygens (including phenoxy) is 2. The van der Waals surface area contributed by atoms with Crippen LogP contribution in [0.2, 0.25) is 0 Å². The minimum atomic E-state index is -2.36. The minimum Gasteiger partial charge on any atom is -0.481 e. The lowest BCUT2D eigenvalue weighted by molar-refractivity contribution is -0.235. The molecule has 7 rings (SSSR count). The molecule has 68 heavy (non-hydrogen) atoms. The topological polar surface area (TPSA) is 247 Å². The predicted molar refractivity (Wildman–Crippen MR) is 244 cm³/mol. The third kappa shape index (κ3) is 8.80. The molecule has 4 aliphatic carbocycles. The first-order valence-corrected chi connectivity index (χ1v) is 23.2. The van der Waals surface area contributed by atoms with Crippen molar-refractivity contribution in [3.05, 3.63) is 89.0 Å². The molecule has 1 aliphatic heterocycles. The Kier molecular flexibility index (Phi) is 14.3. The van der Waals surface area contributed by atoms with Gasteiger partial charge in [0.2, 0.25) is 23.6 Å². The smallest absolute Gasteiger partial charge is 0.304 e. The summed E-state index contributed by atoms with van der Waals surface area (Å²) in [6.07, 6.45) is -2.69.